The molecule has 2 aliphatic rings. The largest absolute Gasteiger partial charge is 0.394 e. The van der Waals surface area contributed by atoms with Crippen LogP contribution in [-0.4, -0.2) is 114 Å². The maximum absolute atomic E-state index is 10.8. The maximum Gasteiger partial charge on any atom is 0.152 e. The predicted molar refractivity (Wildman–Crippen MR) is 171 cm³/mol. The summed E-state index contributed by atoms with van der Waals surface area (Å²) in [5.74, 6) is 0.584. The summed E-state index contributed by atoms with van der Waals surface area (Å²) in [5.41, 5.74) is 11.6. The Morgan fingerprint density at radius 3 is 1.83 bits per heavy atom. The highest BCUT2D eigenvalue weighted by Crippen LogP contribution is 2.45. The molecule has 0 bridgehead atoms. The van der Waals surface area contributed by atoms with Gasteiger partial charge in [-0.15, -0.1) is 11.3 Å². The molecule has 0 saturated carbocycles. The maximum atomic E-state index is 10.8. The Labute approximate surface area is 278 Å². The van der Waals surface area contributed by atoms with Crippen LogP contribution in [0.2, 0.25) is 0 Å². The fourth-order valence-electron chi connectivity index (χ4n) is 5.89. The molecule has 0 unspecified atom stereocenters. The van der Waals surface area contributed by atoms with Gasteiger partial charge in [-0.05, 0) is 48.6 Å². The van der Waals surface area contributed by atoms with Gasteiger partial charge in [0.05, 0.1) is 24.6 Å². The van der Waals surface area contributed by atoms with Crippen LogP contribution in [0.25, 0.3) is 21.6 Å². The predicted octanol–water partition coefficient (Wildman–Crippen LogP) is -0.561. The molecule has 7 heterocycles. The second-order valence-electron chi connectivity index (χ2n) is 11.4. The molecule has 0 amide bonds. The van der Waals surface area contributed by atoms with Crippen LogP contribution in [0.3, 0.4) is 0 Å². The van der Waals surface area contributed by atoms with Crippen LogP contribution in [0.1, 0.15) is 37.4 Å². The lowest BCUT2D eigenvalue weighted by Crippen LogP contribution is -2.43. The minimum atomic E-state index is -1.61. The number of nitrogens with zero attached hydrogens (tertiary/aromatic N) is 7. The van der Waals surface area contributed by atoms with E-state index in [1.165, 1.54) is 46.9 Å². The van der Waals surface area contributed by atoms with E-state index in [0.29, 0.717) is 33.8 Å². The van der Waals surface area contributed by atoms with Gasteiger partial charge in [0.1, 0.15) is 76.5 Å². The number of nitrogen functional groups attached to an aromatic ring is 2. The van der Waals surface area contributed by atoms with E-state index in [-0.39, 0.29) is 12.4 Å². The van der Waals surface area contributed by atoms with Crippen molar-refractivity contribution in [2.24, 2.45) is 0 Å². The molecule has 246 valence electrons. The molecule has 2 aliphatic heterocycles. The fourth-order valence-corrected chi connectivity index (χ4v) is 7.37. The van der Waals surface area contributed by atoms with Crippen LogP contribution in [0.5, 0.6) is 0 Å². The first-order valence-electron chi connectivity index (χ1n) is 14.0. The van der Waals surface area contributed by atoms with Gasteiger partial charge in [-0.25, -0.2) is 24.0 Å². The lowest BCUT2D eigenvalue weighted by Gasteiger charge is -2.26. The van der Waals surface area contributed by atoms with Crippen molar-refractivity contribution >= 4 is 56.6 Å². The topological polar surface area (TPSA) is 265 Å². The highest BCUT2D eigenvalue weighted by Gasteiger charge is 2.54. The highest BCUT2D eigenvalue weighted by atomic mass is 127. The Balaban J connectivity index is 0.000000164. The van der Waals surface area contributed by atoms with Gasteiger partial charge in [-0.3, -0.25) is 0 Å². The van der Waals surface area contributed by atoms with E-state index in [1.807, 2.05) is 5.38 Å². The van der Waals surface area contributed by atoms with Crippen LogP contribution in [0, 0.1) is 3.57 Å². The van der Waals surface area contributed by atoms with Gasteiger partial charge in [-0.2, -0.15) is 10.2 Å². The molecule has 0 aromatic carbocycles. The van der Waals surface area contributed by atoms with Gasteiger partial charge in [-0.1, -0.05) is 0 Å². The lowest BCUT2D eigenvalue weighted by atomic mass is 9.91. The number of hydrogen-bond donors (Lipinski definition) is 8. The van der Waals surface area contributed by atoms with Gasteiger partial charge in [0.2, 0.25) is 0 Å². The minimum Gasteiger partial charge on any atom is -0.394 e. The molecule has 8 atom stereocenters. The Bertz CT molecular complexity index is 1870. The van der Waals surface area contributed by atoms with Crippen molar-refractivity contribution < 1.29 is 40.1 Å². The molecule has 2 fully saturated rings. The van der Waals surface area contributed by atoms with Gasteiger partial charge in [0.15, 0.2) is 11.6 Å². The first kappa shape index (κ1) is 32.8. The molecule has 17 nitrogen and oxygen atoms in total. The molecule has 19 heteroatoms. The zero-order chi connectivity index (χ0) is 33.1. The summed E-state index contributed by atoms with van der Waals surface area (Å²) in [4.78, 5) is 12.3. The first-order valence-corrected chi connectivity index (χ1v) is 15.9. The summed E-state index contributed by atoms with van der Waals surface area (Å²) >= 11 is 3.53. The molecule has 10 N–H and O–H groups in total. The molecule has 46 heavy (non-hydrogen) atoms. The molecule has 5 aromatic rings. The van der Waals surface area contributed by atoms with Crippen LogP contribution in [-0.2, 0) is 9.47 Å². The summed E-state index contributed by atoms with van der Waals surface area (Å²) < 4.78 is 15.2. The van der Waals surface area contributed by atoms with Crippen molar-refractivity contribution in [3.8, 4) is 10.6 Å². The molecule has 5 aromatic heterocycles. The van der Waals surface area contributed by atoms with Gasteiger partial charge in [0.25, 0.3) is 0 Å². The van der Waals surface area contributed by atoms with E-state index in [0.717, 1.165) is 8.58 Å². The van der Waals surface area contributed by atoms with Gasteiger partial charge >= 0.3 is 0 Å². The van der Waals surface area contributed by atoms with E-state index in [9.17, 15) is 30.6 Å². The number of halogens is 1. The number of aromatic nitrogens is 7. The van der Waals surface area contributed by atoms with Gasteiger partial charge in [0, 0.05) is 20.7 Å². The smallest absolute Gasteiger partial charge is 0.152 e. The third-order valence-corrected chi connectivity index (χ3v) is 9.95. The molecule has 0 radical (unpaired) electrons. The second kappa shape index (κ2) is 12.2. The van der Waals surface area contributed by atoms with Crippen molar-refractivity contribution in [2.75, 3.05) is 24.7 Å². The number of hydrogen-bond acceptors (Lipinski definition) is 16. The summed E-state index contributed by atoms with van der Waals surface area (Å²) in [5, 5.41) is 71.2. The van der Waals surface area contributed by atoms with E-state index in [1.54, 1.807) is 18.3 Å². The second-order valence-corrected chi connectivity index (χ2v) is 13.4. The SMILES string of the molecule is C[C@@]1(O)[C@H](O)[C@@H](CO)O[C@H]1c1cc(-c2nccs2)c2c(N)ncnn12.C[C@@]1(O)[C@H](O)[C@@H](CO)O[C@H]1c1cc(I)c2c(N)ncnn12. The normalized spacial score (nSPS) is 31.1. The third kappa shape index (κ3) is 5.19. The number of aliphatic hydroxyl groups is 6. The van der Waals surface area contributed by atoms with Crippen molar-refractivity contribution in [2.45, 2.75) is 61.7 Å². The molecule has 0 aliphatic carbocycles. The molecule has 2 saturated heterocycles. The molecular weight excluding hydrogens is 737 g/mol. The number of ether oxygens (including phenoxy) is 2. The van der Waals surface area contributed by atoms with Crippen molar-refractivity contribution in [1.29, 1.82) is 0 Å². The first-order chi connectivity index (χ1) is 21.8. The van der Waals surface area contributed by atoms with E-state index in [4.69, 9.17) is 20.9 Å². The van der Waals surface area contributed by atoms with Crippen LogP contribution in [0.15, 0.2) is 36.4 Å². The van der Waals surface area contributed by atoms with Crippen molar-refractivity contribution in [1.82, 2.24) is 34.2 Å². The van der Waals surface area contributed by atoms with E-state index in [2.05, 4.69) is 47.7 Å². The summed E-state index contributed by atoms with van der Waals surface area (Å²) in [6.07, 6.45) is -1.64. The number of rotatable bonds is 5. The average molecular weight is 770 g/mol. The Hall–Kier alpha value is -3.12. The van der Waals surface area contributed by atoms with E-state index >= 15 is 0 Å². The number of thiazole rings is 1. The zero-order valence-corrected chi connectivity index (χ0v) is 27.4. The standard InChI is InChI=1S/C15H17N5O4S.C12H15IN4O4/c1-15(23)11(22)9(5-21)24-12(15)8-4-7(14-17-2-3-25-14)10-13(16)18-6-19-20(8)10;1-12(20)9(19)7(3-18)21-10(12)6-2-5(13)8-11(14)15-4-16-17(6)8/h2-4,6,9,11-12,21-23H,5H2,1H3,(H2,16,18,19);2,4,7,9-10,18-20H,3H2,1H3,(H2,14,15,16)/t9-,11-,12+,15-;7-,9-,10+,12-/m11/s1. The monoisotopic (exact) mass is 769 g/mol. The zero-order valence-electron chi connectivity index (χ0n) is 24.4. The van der Waals surface area contributed by atoms with Crippen molar-refractivity contribution in [3.63, 3.8) is 0 Å². The Kier molecular flexibility index (Phi) is 8.67. The third-order valence-electron chi connectivity index (χ3n) is 8.32. The van der Waals surface area contributed by atoms with E-state index < -0.39 is 54.4 Å². The summed E-state index contributed by atoms with van der Waals surface area (Å²) in [6, 6.07) is 3.54. The Morgan fingerprint density at radius 2 is 1.35 bits per heavy atom. The molecule has 0 spiro atoms. The summed E-state index contributed by atoms with van der Waals surface area (Å²) in [6.45, 7) is 2.14. The van der Waals surface area contributed by atoms with Crippen molar-refractivity contribution in [3.05, 3.63) is 51.3 Å². The average Bonchev–Trinajstić information content (AvgIpc) is 3.82. The highest BCUT2D eigenvalue weighted by molar-refractivity contribution is 14.1. The number of anilines is 2. The molecular formula is C27H32IN9O8S. The van der Waals surface area contributed by atoms with Crippen LogP contribution >= 0.6 is 33.9 Å². The Morgan fingerprint density at radius 1 is 0.848 bits per heavy atom. The van der Waals surface area contributed by atoms with Gasteiger partial charge < -0.3 is 51.6 Å². The quantitative estimate of drug-likeness (QED) is 0.104. The minimum absolute atomic E-state index is 0.267. The summed E-state index contributed by atoms with van der Waals surface area (Å²) in [7, 11) is 0. The number of nitrogens with two attached hydrogens (primary N) is 2. The van der Waals surface area contributed by atoms with Crippen LogP contribution < -0.4 is 11.5 Å². The molecule has 7 rings (SSSR count). The van der Waals surface area contributed by atoms with Crippen LogP contribution in [0.4, 0.5) is 11.6 Å². The number of aliphatic hydroxyl groups excluding tert-OH is 4. The lowest BCUT2D eigenvalue weighted by molar-refractivity contribution is -0.0665. The number of fused-ring (bicyclic) bond motifs is 2. The fraction of sp³-hybridized carbons (Fsp3) is 0.444.